The van der Waals surface area contributed by atoms with Crippen molar-refractivity contribution in [2.45, 2.75) is 133 Å². The van der Waals surface area contributed by atoms with E-state index in [9.17, 15) is 19.2 Å². The molecule has 5 aromatic rings. The number of carbonyl (C=O) groups excluding carboxylic acids is 4. The summed E-state index contributed by atoms with van der Waals surface area (Å²) in [5.41, 5.74) is -1.64. The fourth-order valence-electron chi connectivity index (χ4n) is 7.88. The Morgan fingerprint density at radius 1 is 0.545 bits per heavy atom. The number of hydrogen-bond acceptors (Lipinski definition) is 8. The van der Waals surface area contributed by atoms with Crippen LogP contribution in [0.4, 0.5) is 18.4 Å². The number of H-pyrrole nitrogens is 2. The van der Waals surface area contributed by atoms with Gasteiger partial charge in [-0.05, 0) is 47.9 Å². The van der Waals surface area contributed by atoms with Gasteiger partial charge in [-0.15, -0.1) is 0 Å². The van der Waals surface area contributed by atoms with E-state index in [0.29, 0.717) is 56.0 Å². The Hall–Kier alpha value is -5.66. The Kier molecular flexibility index (Phi) is 13.9. The molecule has 0 unspecified atom stereocenters. The highest BCUT2D eigenvalue weighted by molar-refractivity contribution is 5.92. The monoisotopic (exact) mass is 913 g/mol. The summed E-state index contributed by atoms with van der Waals surface area (Å²) in [5, 5.41) is 0. The number of rotatable bonds is 12. The lowest BCUT2D eigenvalue weighted by Crippen LogP contribution is -2.53. The predicted octanol–water partition coefficient (Wildman–Crippen LogP) is 12.2. The highest BCUT2D eigenvalue weighted by Crippen LogP contribution is 2.45. The molecule has 0 spiro atoms. The first kappa shape index (κ1) is 51.3. The number of fused-ring (bicyclic) bond motifs is 2. The minimum atomic E-state index is -1.44. The molecular formula is C52H70F2N6O6. The topological polar surface area (TPSA) is 151 Å². The maximum absolute atomic E-state index is 16.0. The van der Waals surface area contributed by atoms with Crippen molar-refractivity contribution in [2.24, 2.45) is 21.7 Å². The molecule has 0 bridgehead atoms. The van der Waals surface area contributed by atoms with Gasteiger partial charge in [0, 0.05) is 87.0 Å². The summed E-state index contributed by atoms with van der Waals surface area (Å²) in [7, 11) is 6.27. The highest BCUT2D eigenvalue weighted by Gasteiger charge is 2.51. The zero-order chi connectivity index (χ0) is 49.9. The molecule has 5 rings (SSSR count). The van der Waals surface area contributed by atoms with Gasteiger partial charge in [0.2, 0.25) is 0 Å². The maximum Gasteiger partial charge on any atom is 0.410 e. The van der Waals surface area contributed by atoms with Crippen molar-refractivity contribution < 1.29 is 37.4 Å². The van der Waals surface area contributed by atoms with Crippen LogP contribution in [0.15, 0.2) is 48.5 Å². The van der Waals surface area contributed by atoms with E-state index in [1.54, 1.807) is 78.4 Å². The molecule has 0 fully saturated rings. The first-order chi connectivity index (χ1) is 30.1. The van der Waals surface area contributed by atoms with E-state index in [2.05, 4.69) is 9.97 Å². The highest BCUT2D eigenvalue weighted by atomic mass is 19.1. The number of benzene rings is 3. The summed E-state index contributed by atoms with van der Waals surface area (Å²) >= 11 is 0. The van der Waals surface area contributed by atoms with Crippen LogP contribution in [0.3, 0.4) is 0 Å². The normalized spacial score (nSPS) is 15.5. The lowest BCUT2D eigenvalue weighted by atomic mass is 9.69. The van der Waals surface area contributed by atoms with Crippen molar-refractivity contribution in [1.82, 2.24) is 29.7 Å². The van der Waals surface area contributed by atoms with Gasteiger partial charge in [-0.1, -0.05) is 107 Å². The van der Waals surface area contributed by atoms with Gasteiger partial charge in [0.15, 0.2) is 22.8 Å². The summed E-state index contributed by atoms with van der Waals surface area (Å²) in [6.07, 6.45) is -1.20. The summed E-state index contributed by atoms with van der Waals surface area (Å²) in [5.74, 6) is -1.36. The lowest BCUT2D eigenvalue weighted by molar-refractivity contribution is -0.149. The number of aromatic amines is 2. The van der Waals surface area contributed by atoms with E-state index in [0.717, 1.165) is 0 Å². The van der Waals surface area contributed by atoms with Gasteiger partial charge in [-0.25, -0.2) is 28.3 Å². The number of imidazole rings is 2. The second-order valence-corrected chi connectivity index (χ2v) is 22.7. The number of amides is 2. The molecule has 0 saturated carbocycles. The van der Waals surface area contributed by atoms with Gasteiger partial charge in [0.25, 0.3) is 0 Å². The SMILES string of the molecule is CN(C)C(=O)O[C@@](C)(C(=O)C[C@H](c1nc2cc(-c3ccc(-c4cc5nc([C@@H](CC(=O)[C@](C)(OC(=O)N(C)C)C(C)(C)C)C(C)(C)C)[nH]c5cc4F)cc3)c(F)cc2[nH]1)C(C)(C)C)C(C)(C)C. The molecule has 3 aromatic carbocycles. The summed E-state index contributed by atoms with van der Waals surface area (Å²) in [6, 6.07) is 13.0. The lowest BCUT2D eigenvalue weighted by Gasteiger charge is -2.41. The van der Waals surface area contributed by atoms with Crippen molar-refractivity contribution in [1.29, 1.82) is 0 Å². The molecule has 66 heavy (non-hydrogen) atoms. The van der Waals surface area contributed by atoms with E-state index in [1.807, 2.05) is 83.1 Å². The molecule has 0 aliphatic heterocycles. The molecule has 2 aromatic heterocycles. The van der Waals surface area contributed by atoms with Crippen LogP contribution in [-0.2, 0) is 19.1 Å². The van der Waals surface area contributed by atoms with Gasteiger partial charge in [0.05, 0.1) is 22.1 Å². The number of nitrogens with one attached hydrogen (secondary N) is 2. The quantitative estimate of drug-likeness (QED) is 0.126. The third kappa shape index (κ3) is 10.3. The molecule has 2 amide bonds. The minimum absolute atomic E-state index is 0.0141. The van der Waals surface area contributed by atoms with E-state index < -0.39 is 68.5 Å². The van der Waals surface area contributed by atoms with Crippen LogP contribution in [0.1, 0.15) is 133 Å². The molecular weight excluding hydrogens is 843 g/mol. The van der Waals surface area contributed by atoms with Gasteiger partial charge >= 0.3 is 12.2 Å². The van der Waals surface area contributed by atoms with Crippen LogP contribution in [0.5, 0.6) is 0 Å². The molecule has 0 aliphatic carbocycles. The molecule has 14 heteroatoms. The number of Topliss-reactive ketones (excluding diaryl/α,β-unsaturated/α-hetero) is 2. The van der Waals surface area contributed by atoms with Crippen molar-refractivity contribution in [3.63, 3.8) is 0 Å². The van der Waals surface area contributed by atoms with Gasteiger partial charge in [-0.2, -0.15) is 0 Å². The number of carbonyl (C=O) groups is 4. The smallest absolute Gasteiger partial charge is 0.410 e. The summed E-state index contributed by atoms with van der Waals surface area (Å²) in [4.78, 5) is 72.7. The third-order valence-corrected chi connectivity index (χ3v) is 13.5. The molecule has 2 heterocycles. The molecule has 4 atom stereocenters. The van der Waals surface area contributed by atoms with E-state index in [4.69, 9.17) is 19.4 Å². The second-order valence-electron chi connectivity index (χ2n) is 22.7. The Balaban J connectivity index is 1.45. The fourth-order valence-corrected chi connectivity index (χ4v) is 7.88. The Labute approximate surface area is 388 Å². The number of halogens is 2. The molecule has 0 aliphatic rings. The predicted molar refractivity (Wildman–Crippen MR) is 256 cm³/mol. The first-order valence-electron chi connectivity index (χ1n) is 22.5. The van der Waals surface area contributed by atoms with E-state index in [1.165, 1.54) is 21.9 Å². The van der Waals surface area contributed by atoms with Crippen LogP contribution in [-0.4, -0.2) is 92.9 Å². The van der Waals surface area contributed by atoms with Crippen molar-refractivity contribution in [2.75, 3.05) is 28.2 Å². The fraction of sp³-hybridized carbons (Fsp3) is 0.538. The zero-order valence-electron chi connectivity index (χ0n) is 42.2. The standard InChI is InChI=1S/C52H70F2N6O6/c1-47(2,3)33(25-41(61)51(13,49(7,8)9)65-45(63)59(15)16)43-55-37-23-31(35(53)27-39(37)57-43)29-19-21-30(22-20-29)32-24-38-40(28-36(32)54)58-44(56-38)34(48(4,5)6)26-42(62)52(14,50(10,11)12)66-46(64)60(17)18/h19-24,27-28,33-34H,25-26H2,1-18H3,(H,55,57)(H,56,58)/t33-,34-,51+,52+/m1/s1. The van der Waals surface area contributed by atoms with Crippen LogP contribution in [0.2, 0.25) is 0 Å². The third-order valence-electron chi connectivity index (χ3n) is 13.5. The summed E-state index contributed by atoms with van der Waals surface area (Å²) < 4.78 is 43.6. The number of hydrogen-bond donors (Lipinski definition) is 2. The number of ether oxygens (including phenoxy) is 2. The van der Waals surface area contributed by atoms with Crippen molar-refractivity contribution in [3.05, 3.63) is 71.8 Å². The second kappa shape index (κ2) is 17.9. The van der Waals surface area contributed by atoms with Gasteiger partial charge in [0.1, 0.15) is 23.3 Å². The molecule has 12 nitrogen and oxygen atoms in total. The zero-order valence-corrected chi connectivity index (χ0v) is 42.2. The van der Waals surface area contributed by atoms with Crippen LogP contribution >= 0.6 is 0 Å². The minimum Gasteiger partial charge on any atom is -0.435 e. The Morgan fingerprint density at radius 3 is 1.11 bits per heavy atom. The number of aromatic nitrogens is 4. The average molecular weight is 913 g/mol. The van der Waals surface area contributed by atoms with E-state index in [-0.39, 0.29) is 24.4 Å². The van der Waals surface area contributed by atoms with Crippen LogP contribution in [0.25, 0.3) is 44.3 Å². The van der Waals surface area contributed by atoms with Gasteiger partial charge < -0.3 is 29.2 Å². The molecule has 0 radical (unpaired) electrons. The van der Waals surface area contributed by atoms with Crippen LogP contribution < -0.4 is 0 Å². The first-order valence-corrected chi connectivity index (χ1v) is 22.5. The Morgan fingerprint density at radius 2 is 0.848 bits per heavy atom. The number of ketones is 2. The average Bonchev–Trinajstić information content (AvgIpc) is 3.78. The number of nitrogens with zero attached hydrogens (tertiary/aromatic N) is 4. The Bertz CT molecular complexity index is 2460. The van der Waals surface area contributed by atoms with Crippen LogP contribution in [0, 0.1) is 33.3 Å². The maximum atomic E-state index is 16.0. The molecule has 2 N–H and O–H groups in total. The van der Waals surface area contributed by atoms with Gasteiger partial charge in [-0.3, -0.25) is 9.59 Å². The van der Waals surface area contributed by atoms with E-state index >= 15 is 8.78 Å². The molecule has 0 saturated heterocycles. The van der Waals surface area contributed by atoms with Crippen molar-refractivity contribution >= 4 is 45.8 Å². The van der Waals surface area contributed by atoms with Crippen molar-refractivity contribution in [3.8, 4) is 22.3 Å². The molecule has 358 valence electrons. The summed E-state index contributed by atoms with van der Waals surface area (Å²) in [6.45, 7) is 26.4. The largest absolute Gasteiger partial charge is 0.435 e.